The Labute approximate surface area is 90.0 Å². The fourth-order valence-electron chi connectivity index (χ4n) is 1.56. The van der Waals surface area contributed by atoms with Gasteiger partial charge in [0.25, 0.3) is 0 Å². The maximum Gasteiger partial charge on any atom is 0.101 e. The molecule has 0 fully saturated rings. The number of nitrogens with zero attached hydrogens (tertiary/aromatic N) is 3. The molecule has 1 unspecified atom stereocenters. The maximum absolute atomic E-state index is 8.76. The molecular formula is C12H13N3. The van der Waals surface area contributed by atoms with Crippen molar-refractivity contribution in [3.8, 4) is 12.1 Å². The van der Waals surface area contributed by atoms with Gasteiger partial charge >= 0.3 is 0 Å². The highest BCUT2D eigenvalue weighted by atomic mass is 14.6. The molecule has 0 bridgehead atoms. The first-order valence-electron chi connectivity index (χ1n) is 4.91. The molecule has 0 aromatic carbocycles. The first-order valence-corrected chi connectivity index (χ1v) is 4.91. The summed E-state index contributed by atoms with van der Waals surface area (Å²) in [5.41, 5.74) is 1.53. The maximum atomic E-state index is 8.76. The minimum absolute atomic E-state index is 0.163. The van der Waals surface area contributed by atoms with Crippen molar-refractivity contribution in [1.82, 2.24) is 4.98 Å². The van der Waals surface area contributed by atoms with E-state index in [1.807, 2.05) is 6.07 Å². The Morgan fingerprint density at radius 2 is 2.07 bits per heavy atom. The van der Waals surface area contributed by atoms with Crippen LogP contribution in [-0.2, 0) is 0 Å². The van der Waals surface area contributed by atoms with Gasteiger partial charge in [-0.2, -0.15) is 10.5 Å². The van der Waals surface area contributed by atoms with Crippen molar-refractivity contribution < 1.29 is 0 Å². The Balaban J connectivity index is 3.02. The van der Waals surface area contributed by atoms with Crippen LogP contribution in [0, 0.1) is 28.6 Å². The largest absolute Gasteiger partial charge is 0.263 e. The summed E-state index contributed by atoms with van der Waals surface area (Å²) in [6.07, 6.45) is 3.74. The van der Waals surface area contributed by atoms with Crippen LogP contribution < -0.4 is 0 Å². The summed E-state index contributed by atoms with van der Waals surface area (Å²) in [6, 6.07) is 6.05. The molecule has 76 valence electrons. The van der Waals surface area contributed by atoms with Gasteiger partial charge in [0.2, 0.25) is 0 Å². The summed E-state index contributed by atoms with van der Waals surface area (Å²) in [6.45, 7) is 4.14. The molecule has 3 nitrogen and oxygen atoms in total. The van der Waals surface area contributed by atoms with Gasteiger partial charge in [-0.3, -0.25) is 4.98 Å². The van der Waals surface area contributed by atoms with Crippen LogP contribution in [0.2, 0.25) is 0 Å². The van der Waals surface area contributed by atoms with Crippen LogP contribution in [0.1, 0.15) is 37.3 Å². The number of aromatic nitrogens is 1. The lowest BCUT2D eigenvalue weighted by Crippen LogP contribution is -2.06. The van der Waals surface area contributed by atoms with Gasteiger partial charge in [-0.05, 0) is 17.5 Å². The molecule has 15 heavy (non-hydrogen) atoms. The fraction of sp³-hybridized carbons (Fsp3) is 0.417. The second-order valence-corrected chi connectivity index (χ2v) is 3.83. The van der Waals surface area contributed by atoms with E-state index in [0.717, 1.165) is 5.56 Å². The molecular weight excluding hydrogens is 186 g/mol. The van der Waals surface area contributed by atoms with E-state index in [0.29, 0.717) is 17.9 Å². The van der Waals surface area contributed by atoms with E-state index < -0.39 is 0 Å². The standard InChI is InChI=1S/C12H13N3/c1-9(2)12(3-4-13)11-5-10(6-14)7-15-8-11/h5,7-9,12H,3H2,1-2H3. The summed E-state index contributed by atoms with van der Waals surface area (Å²) in [7, 11) is 0. The Hall–Kier alpha value is -1.87. The van der Waals surface area contributed by atoms with Gasteiger partial charge in [0.05, 0.1) is 11.6 Å². The monoisotopic (exact) mass is 199 g/mol. The lowest BCUT2D eigenvalue weighted by molar-refractivity contribution is 0.504. The van der Waals surface area contributed by atoms with Crippen LogP contribution in [0.5, 0.6) is 0 Å². The van der Waals surface area contributed by atoms with E-state index in [4.69, 9.17) is 10.5 Å². The van der Waals surface area contributed by atoms with E-state index in [-0.39, 0.29) is 5.92 Å². The van der Waals surface area contributed by atoms with Crippen LogP contribution in [0.4, 0.5) is 0 Å². The van der Waals surface area contributed by atoms with Crippen molar-refractivity contribution in [2.24, 2.45) is 5.92 Å². The Morgan fingerprint density at radius 1 is 1.33 bits per heavy atom. The molecule has 0 radical (unpaired) electrons. The van der Waals surface area contributed by atoms with Crippen molar-refractivity contribution >= 4 is 0 Å². The zero-order chi connectivity index (χ0) is 11.3. The molecule has 1 aromatic rings. The zero-order valence-corrected chi connectivity index (χ0v) is 8.94. The molecule has 0 spiro atoms. The predicted molar refractivity (Wildman–Crippen MR) is 56.8 cm³/mol. The Kier molecular flexibility index (Phi) is 3.83. The topological polar surface area (TPSA) is 60.5 Å². The summed E-state index contributed by atoms with van der Waals surface area (Å²) >= 11 is 0. The fourth-order valence-corrected chi connectivity index (χ4v) is 1.56. The molecule has 3 heteroatoms. The summed E-state index contributed by atoms with van der Waals surface area (Å²) in [5.74, 6) is 0.538. The molecule has 1 heterocycles. The van der Waals surface area contributed by atoms with Gasteiger partial charge in [0.1, 0.15) is 6.07 Å². The van der Waals surface area contributed by atoms with Crippen LogP contribution in [0.15, 0.2) is 18.5 Å². The summed E-state index contributed by atoms with van der Waals surface area (Å²) in [5, 5.41) is 17.5. The molecule has 1 rings (SSSR count). The van der Waals surface area contributed by atoms with E-state index >= 15 is 0 Å². The third-order valence-corrected chi connectivity index (χ3v) is 2.43. The predicted octanol–water partition coefficient (Wildman–Crippen LogP) is 2.61. The molecule has 0 aliphatic rings. The highest BCUT2D eigenvalue weighted by Gasteiger charge is 2.16. The van der Waals surface area contributed by atoms with Gasteiger partial charge in [0, 0.05) is 24.7 Å². The normalized spacial score (nSPS) is 11.8. The SMILES string of the molecule is CC(C)C(CC#N)c1cncc(C#N)c1. The Morgan fingerprint density at radius 3 is 2.60 bits per heavy atom. The van der Waals surface area contributed by atoms with E-state index in [2.05, 4.69) is 31.0 Å². The van der Waals surface area contributed by atoms with Crippen molar-refractivity contribution in [2.45, 2.75) is 26.2 Å². The average Bonchev–Trinajstić information content (AvgIpc) is 2.25. The quantitative estimate of drug-likeness (QED) is 0.751. The highest BCUT2D eigenvalue weighted by molar-refractivity contribution is 5.31. The second kappa shape index (κ2) is 5.12. The van der Waals surface area contributed by atoms with Crippen molar-refractivity contribution in [3.05, 3.63) is 29.6 Å². The zero-order valence-electron chi connectivity index (χ0n) is 8.94. The number of pyridine rings is 1. The van der Waals surface area contributed by atoms with Gasteiger partial charge in [-0.1, -0.05) is 13.8 Å². The van der Waals surface area contributed by atoms with E-state index in [1.54, 1.807) is 6.20 Å². The highest BCUT2D eigenvalue weighted by Crippen LogP contribution is 2.27. The lowest BCUT2D eigenvalue weighted by atomic mass is 9.87. The van der Waals surface area contributed by atoms with Gasteiger partial charge in [-0.15, -0.1) is 0 Å². The molecule has 0 N–H and O–H groups in total. The Bertz CT molecular complexity index is 410. The second-order valence-electron chi connectivity index (χ2n) is 3.83. The number of nitriles is 2. The first-order chi connectivity index (χ1) is 7.19. The number of hydrogen-bond donors (Lipinski definition) is 0. The molecule has 0 amide bonds. The molecule has 1 atom stereocenters. The minimum atomic E-state index is 0.163. The van der Waals surface area contributed by atoms with Crippen molar-refractivity contribution in [3.63, 3.8) is 0 Å². The van der Waals surface area contributed by atoms with Crippen LogP contribution >= 0.6 is 0 Å². The van der Waals surface area contributed by atoms with Gasteiger partial charge < -0.3 is 0 Å². The van der Waals surface area contributed by atoms with Gasteiger partial charge in [0.15, 0.2) is 0 Å². The molecule has 0 aliphatic heterocycles. The molecule has 0 aliphatic carbocycles. The van der Waals surface area contributed by atoms with Crippen molar-refractivity contribution in [1.29, 1.82) is 10.5 Å². The lowest BCUT2D eigenvalue weighted by Gasteiger charge is -2.17. The minimum Gasteiger partial charge on any atom is -0.263 e. The van der Waals surface area contributed by atoms with Crippen molar-refractivity contribution in [2.75, 3.05) is 0 Å². The first kappa shape index (κ1) is 11.2. The molecule has 0 saturated heterocycles. The third kappa shape index (κ3) is 2.79. The average molecular weight is 199 g/mol. The van der Waals surface area contributed by atoms with E-state index in [1.165, 1.54) is 6.20 Å². The van der Waals surface area contributed by atoms with E-state index in [9.17, 15) is 0 Å². The number of hydrogen-bond acceptors (Lipinski definition) is 3. The van der Waals surface area contributed by atoms with Gasteiger partial charge in [-0.25, -0.2) is 0 Å². The summed E-state index contributed by atoms with van der Waals surface area (Å²) < 4.78 is 0. The molecule has 0 saturated carbocycles. The third-order valence-electron chi connectivity index (χ3n) is 2.43. The summed E-state index contributed by atoms with van der Waals surface area (Å²) in [4.78, 5) is 4.01. The number of rotatable bonds is 3. The van der Waals surface area contributed by atoms with Crippen LogP contribution in [0.25, 0.3) is 0 Å². The molecule has 1 aromatic heterocycles. The smallest absolute Gasteiger partial charge is 0.101 e. The van der Waals surface area contributed by atoms with Crippen LogP contribution in [-0.4, -0.2) is 4.98 Å². The van der Waals surface area contributed by atoms with Crippen LogP contribution in [0.3, 0.4) is 0 Å².